The molecule has 2 atom stereocenters. The Balaban J connectivity index is -0.00000180. The van der Waals surface area contributed by atoms with Crippen LogP contribution in [0.15, 0.2) is 0 Å². The zero-order valence-corrected chi connectivity index (χ0v) is 18.4. The van der Waals surface area contributed by atoms with Crippen molar-refractivity contribution < 1.29 is 91.9 Å². The number of hydrogen-bond donors (Lipinski definition) is 1. The molecule has 0 aliphatic rings. The molecular formula is C12H20Na2O7S. The number of hydrogen-bond acceptors (Lipinski definition) is 6. The van der Waals surface area contributed by atoms with E-state index in [1.165, 1.54) is 6.92 Å². The van der Waals surface area contributed by atoms with Crippen LogP contribution in [0.1, 0.15) is 52.4 Å². The van der Waals surface area contributed by atoms with E-state index in [4.69, 9.17) is 0 Å². The van der Waals surface area contributed by atoms with E-state index in [9.17, 15) is 32.8 Å². The number of carboxylic acids is 2. The Hall–Kier alpha value is 0.850. The van der Waals surface area contributed by atoms with Crippen molar-refractivity contribution in [2.45, 2.75) is 57.1 Å². The van der Waals surface area contributed by atoms with Crippen molar-refractivity contribution >= 4 is 22.1 Å². The van der Waals surface area contributed by atoms with Crippen molar-refractivity contribution in [1.29, 1.82) is 0 Å². The van der Waals surface area contributed by atoms with E-state index in [0.29, 0.717) is 6.42 Å². The van der Waals surface area contributed by atoms with Gasteiger partial charge in [0, 0.05) is 11.9 Å². The molecular weight excluding hydrogens is 334 g/mol. The number of carbonyl (C=O) groups excluding carboxylic acids is 2. The molecule has 0 aromatic rings. The summed E-state index contributed by atoms with van der Waals surface area (Å²) in [5.41, 5.74) is 0. The molecule has 118 valence electrons. The third-order valence-electron chi connectivity index (χ3n) is 3.46. The fraction of sp³-hybridized carbons (Fsp3) is 0.833. The van der Waals surface area contributed by atoms with Crippen molar-refractivity contribution in [2.75, 3.05) is 0 Å². The van der Waals surface area contributed by atoms with Gasteiger partial charge in [0.15, 0.2) is 0 Å². The number of aliphatic carboxylic acids is 2. The van der Waals surface area contributed by atoms with Crippen LogP contribution in [0.2, 0.25) is 0 Å². The molecule has 0 amide bonds. The second-order valence-corrected chi connectivity index (χ2v) is 6.42. The van der Waals surface area contributed by atoms with Crippen LogP contribution in [0.25, 0.3) is 0 Å². The maximum Gasteiger partial charge on any atom is 1.00 e. The third kappa shape index (κ3) is 6.76. The fourth-order valence-electron chi connectivity index (χ4n) is 2.33. The number of carboxylic acid groups (broad SMARTS) is 2. The van der Waals surface area contributed by atoms with Gasteiger partial charge in [-0.15, -0.1) is 0 Å². The van der Waals surface area contributed by atoms with E-state index in [1.54, 1.807) is 0 Å². The van der Waals surface area contributed by atoms with Gasteiger partial charge in [0.1, 0.15) is 4.75 Å². The van der Waals surface area contributed by atoms with Gasteiger partial charge in [-0.25, -0.2) is 0 Å². The summed E-state index contributed by atoms with van der Waals surface area (Å²) in [7, 11) is -5.15. The van der Waals surface area contributed by atoms with Gasteiger partial charge in [-0.05, 0) is 12.8 Å². The van der Waals surface area contributed by atoms with Gasteiger partial charge in [0.2, 0.25) is 0 Å². The maximum absolute atomic E-state index is 11.5. The van der Waals surface area contributed by atoms with Gasteiger partial charge in [0.05, 0.1) is 5.97 Å². The molecule has 2 unspecified atom stereocenters. The molecule has 0 aromatic carbocycles. The fourth-order valence-corrected chi connectivity index (χ4v) is 3.57. The molecule has 0 rings (SSSR count). The maximum atomic E-state index is 11.5. The second kappa shape index (κ2) is 12.2. The Morgan fingerprint density at radius 1 is 1.09 bits per heavy atom. The predicted octanol–water partition coefficient (Wildman–Crippen LogP) is -6.88. The molecule has 0 fully saturated rings. The standard InChI is InChI=1S/C12H22O7S.2Na/c1-3-5-6-7-8-12(11(15)16,20(17,18)19)9(4-2)10(13)14;;/h9H,3-8H2,1-2H3,(H,13,14)(H,15,16)(H,17,18,19);;/q;2*+1/p-2. The average molecular weight is 354 g/mol. The Bertz CT molecular complexity index is 452. The normalized spacial score (nSPS) is 14.9. The minimum Gasteiger partial charge on any atom is -0.550 e. The van der Waals surface area contributed by atoms with Crippen LogP contribution in [0.3, 0.4) is 0 Å². The molecule has 10 heteroatoms. The first kappa shape index (κ1) is 27.7. The molecule has 0 aliphatic carbocycles. The van der Waals surface area contributed by atoms with Gasteiger partial charge in [0.25, 0.3) is 10.1 Å². The predicted molar refractivity (Wildman–Crippen MR) is 66.8 cm³/mol. The smallest absolute Gasteiger partial charge is 0.550 e. The number of carbonyl (C=O) groups is 2. The summed E-state index contributed by atoms with van der Waals surface area (Å²) in [6, 6.07) is 0. The third-order valence-corrected chi connectivity index (χ3v) is 5.04. The van der Waals surface area contributed by atoms with Crippen LogP contribution in [0.5, 0.6) is 0 Å². The molecule has 0 radical (unpaired) electrons. The first-order valence-corrected chi connectivity index (χ1v) is 7.98. The molecule has 1 N–H and O–H groups in total. The average Bonchev–Trinajstić information content (AvgIpc) is 2.30. The van der Waals surface area contributed by atoms with E-state index in [2.05, 4.69) is 0 Å². The van der Waals surface area contributed by atoms with Gasteiger partial charge in [-0.3, -0.25) is 4.55 Å². The second-order valence-electron chi connectivity index (χ2n) is 4.74. The molecule has 0 aliphatic heterocycles. The summed E-state index contributed by atoms with van der Waals surface area (Å²) in [5.74, 6) is -5.79. The van der Waals surface area contributed by atoms with Crippen molar-refractivity contribution in [3.05, 3.63) is 0 Å². The molecule has 0 aromatic heterocycles. The van der Waals surface area contributed by atoms with Crippen molar-refractivity contribution in [1.82, 2.24) is 0 Å². The molecule has 0 spiro atoms. The molecule has 0 saturated heterocycles. The monoisotopic (exact) mass is 354 g/mol. The van der Waals surface area contributed by atoms with Crippen LogP contribution in [0.4, 0.5) is 0 Å². The Labute approximate surface area is 175 Å². The van der Waals surface area contributed by atoms with E-state index in [-0.39, 0.29) is 72.0 Å². The van der Waals surface area contributed by atoms with Crippen LogP contribution >= 0.6 is 0 Å². The minimum atomic E-state index is -5.15. The summed E-state index contributed by atoms with van der Waals surface area (Å²) in [6.07, 6.45) is 1.46. The SMILES string of the molecule is CCCCCCC(C(=O)[O-])(C(CC)C(=O)[O-])S(=O)(=O)O.[Na+].[Na+]. The van der Waals surface area contributed by atoms with E-state index in [0.717, 1.165) is 12.8 Å². The topological polar surface area (TPSA) is 135 Å². The molecule has 7 nitrogen and oxygen atoms in total. The van der Waals surface area contributed by atoms with Crippen molar-refractivity contribution in [2.24, 2.45) is 5.92 Å². The number of unbranched alkanes of at least 4 members (excludes halogenated alkanes) is 3. The first-order valence-electron chi connectivity index (χ1n) is 6.54. The van der Waals surface area contributed by atoms with Crippen molar-refractivity contribution in [3.8, 4) is 0 Å². The van der Waals surface area contributed by atoms with Crippen LogP contribution in [-0.2, 0) is 19.7 Å². The van der Waals surface area contributed by atoms with Crippen LogP contribution < -0.4 is 69.3 Å². The summed E-state index contributed by atoms with van der Waals surface area (Å²) >= 11 is 0. The summed E-state index contributed by atoms with van der Waals surface area (Å²) in [4.78, 5) is 22.3. The summed E-state index contributed by atoms with van der Waals surface area (Å²) in [6.45, 7) is 3.22. The number of rotatable bonds is 10. The minimum absolute atomic E-state index is 0. The van der Waals surface area contributed by atoms with Crippen LogP contribution in [0, 0.1) is 5.92 Å². The van der Waals surface area contributed by atoms with Gasteiger partial charge in [-0.2, -0.15) is 8.42 Å². The largest absolute Gasteiger partial charge is 1.00 e. The zero-order valence-electron chi connectivity index (χ0n) is 13.6. The Morgan fingerprint density at radius 2 is 1.59 bits per heavy atom. The summed E-state index contributed by atoms with van der Waals surface area (Å²) in [5, 5.41) is 22.3. The van der Waals surface area contributed by atoms with E-state index < -0.39 is 39.1 Å². The van der Waals surface area contributed by atoms with Gasteiger partial charge in [-0.1, -0.05) is 39.5 Å². The van der Waals surface area contributed by atoms with Crippen molar-refractivity contribution in [3.63, 3.8) is 0 Å². The molecule has 0 saturated carbocycles. The Morgan fingerprint density at radius 3 is 1.86 bits per heavy atom. The molecule has 22 heavy (non-hydrogen) atoms. The molecule has 0 bridgehead atoms. The van der Waals surface area contributed by atoms with Crippen LogP contribution in [-0.4, -0.2) is 29.7 Å². The van der Waals surface area contributed by atoms with E-state index >= 15 is 0 Å². The zero-order chi connectivity index (χ0) is 16.0. The van der Waals surface area contributed by atoms with Gasteiger partial charge < -0.3 is 19.8 Å². The molecule has 0 heterocycles. The summed E-state index contributed by atoms with van der Waals surface area (Å²) < 4.78 is 29.4. The quantitative estimate of drug-likeness (QED) is 0.234. The van der Waals surface area contributed by atoms with Gasteiger partial charge >= 0.3 is 59.1 Å². The first-order chi connectivity index (χ1) is 9.15. The van der Waals surface area contributed by atoms with E-state index in [1.807, 2.05) is 6.92 Å². The Kier molecular flexibility index (Phi) is 15.4.